The molecule has 0 atom stereocenters. The van der Waals surface area contributed by atoms with Gasteiger partial charge >= 0.3 is 0 Å². The first-order valence-electron chi connectivity index (χ1n) is 4.27. The molecule has 0 spiro atoms. The topological polar surface area (TPSA) is 0 Å². The zero-order valence-corrected chi connectivity index (χ0v) is 9.90. The van der Waals surface area contributed by atoms with E-state index in [2.05, 4.69) is 35.0 Å². The lowest BCUT2D eigenvalue weighted by Crippen LogP contribution is -1.81. The minimum atomic E-state index is 0.791. The van der Waals surface area contributed by atoms with Crippen molar-refractivity contribution < 1.29 is 0 Å². The average molecular weight is 260 g/mol. The van der Waals surface area contributed by atoms with Gasteiger partial charge in [-0.25, -0.2) is 0 Å². The highest BCUT2D eigenvalue weighted by atomic mass is 79.9. The minimum Gasteiger partial charge on any atom is -0.0880 e. The molecular weight excluding hydrogens is 247 g/mol. The predicted molar refractivity (Wildman–Crippen MR) is 63.5 cm³/mol. The molecular formula is C11H12BrCl. The van der Waals surface area contributed by atoms with Gasteiger partial charge < -0.3 is 0 Å². The van der Waals surface area contributed by atoms with Crippen LogP contribution in [0.3, 0.4) is 0 Å². The summed E-state index contributed by atoms with van der Waals surface area (Å²) in [6.45, 7) is 2.15. The maximum atomic E-state index is 5.87. The van der Waals surface area contributed by atoms with E-state index in [1.165, 1.54) is 11.1 Å². The molecule has 0 unspecified atom stereocenters. The molecule has 0 nitrogen and oxygen atoms in total. The maximum absolute atomic E-state index is 5.87. The summed E-state index contributed by atoms with van der Waals surface area (Å²) in [6.07, 6.45) is 3.23. The van der Waals surface area contributed by atoms with Crippen LogP contribution in [0.1, 0.15) is 18.9 Å². The lowest BCUT2D eigenvalue weighted by Gasteiger charge is -1.99. The number of hydrogen-bond donors (Lipinski definition) is 0. The first-order valence-corrected chi connectivity index (χ1v) is 5.77. The van der Waals surface area contributed by atoms with Crippen LogP contribution in [-0.2, 0) is 0 Å². The number of rotatable bonds is 3. The van der Waals surface area contributed by atoms with Gasteiger partial charge in [0.15, 0.2) is 0 Å². The summed E-state index contributed by atoms with van der Waals surface area (Å²) in [7, 11) is 0. The summed E-state index contributed by atoms with van der Waals surface area (Å²) in [4.78, 5) is 0. The molecule has 0 heterocycles. The molecule has 13 heavy (non-hydrogen) atoms. The Morgan fingerprint density at radius 1 is 1.54 bits per heavy atom. The van der Waals surface area contributed by atoms with Crippen molar-refractivity contribution in [2.75, 3.05) is 5.33 Å². The first kappa shape index (κ1) is 10.8. The molecule has 1 rings (SSSR count). The lowest BCUT2D eigenvalue weighted by molar-refractivity contribution is 1.12. The van der Waals surface area contributed by atoms with Crippen molar-refractivity contribution in [1.82, 2.24) is 0 Å². The fourth-order valence-electron chi connectivity index (χ4n) is 1.07. The van der Waals surface area contributed by atoms with E-state index < -0.39 is 0 Å². The van der Waals surface area contributed by atoms with Crippen LogP contribution in [0.4, 0.5) is 0 Å². The summed E-state index contributed by atoms with van der Waals surface area (Å²) in [5.41, 5.74) is 2.55. The van der Waals surface area contributed by atoms with Gasteiger partial charge in [-0.05, 0) is 24.1 Å². The Kier molecular flexibility index (Phi) is 4.54. The number of halogens is 2. The number of hydrogen-bond acceptors (Lipinski definition) is 0. The second kappa shape index (κ2) is 5.46. The third-order valence-corrected chi connectivity index (χ3v) is 2.80. The zero-order valence-electron chi connectivity index (χ0n) is 7.56. The van der Waals surface area contributed by atoms with Crippen molar-refractivity contribution in [1.29, 1.82) is 0 Å². The Labute approximate surface area is 92.7 Å². The SMILES string of the molecule is CCC(=Cc1cccc(Cl)c1)CBr. The van der Waals surface area contributed by atoms with Gasteiger partial charge in [0.1, 0.15) is 0 Å². The molecule has 0 N–H and O–H groups in total. The molecule has 70 valence electrons. The van der Waals surface area contributed by atoms with Crippen LogP contribution >= 0.6 is 27.5 Å². The van der Waals surface area contributed by atoms with Gasteiger partial charge in [0.25, 0.3) is 0 Å². The van der Waals surface area contributed by atoms with Crippen LogP contribution in [0.15, 0.2) is 29.8 Å². The molecule has 0 aromatic heterocycles. The summed E-state index contributed by atoms with van der Waals surface area (Å²) >= 11 is 9.32. The van der Waals surface area contributed by atoms with E-state index in [4.69, 9.17) is 11.6 Å². The molecule has 0 amide bonds. The molecule has 2 heteroatoms. The van der Waals surface area contributed by atoms with Crippen LogP contribution < -0.4 is 0 Å². The van der Waals surface area contributed by atoms with E-state index in [-0.39, 0.29) is 0 Å². The van der Waals surface area contributed by atoms with Crippen molar-refractivity contribution >= 4 is 33.6 Å². The van der Waals surface area contributed by atoms with Gasteiger partial charge in [-0.2, -0.15) is 0 Å². The quantitative estimate of drug-likeness (QED) is 0.700. The second-order valence-electron chi connectivity index (χ2n) is 2.84. The largest absolute Gasteiger partial charge is 0.0880 e. The van der Waals surface area contributed by atoms with Gasteiger partial charge in [-0.15, -0.1) is 0 Å². The molecule has 0 aliphatic rings. The van der Waals surface area contributed by atoms with E-state index >= 15 is 0 Å². The van der Waals surface area contributed by atoms with Crippen molar-refractivity contribution in [3.8, 4) is 0 Å². The molecule has 0 fully saturated rings. The van der Waals surface area contributed by atoms with E-state index in [0.29, 0.717) is 0 Å². The number of alkyl halides is 1. The summed E-state index contributed by atoms with van der Waals surface area (Å²) in [5.74, 6) is 0. The van der Waals surface area contributed by atoms with Gasteiger partial charge in [-0.1, -0.05) is 58.2 Å². The molecule has 0 aliphatic heterocycles. The van der Waals surface area contributed by atoms with Crippen LogP contribution in [0.2, 0.25) is 5.02 Å². The summed E-state index contributed by atoms with van der Waals surface area (Å²) in [5, 5.41) is 1.72. The van der Waals surface area contributed by atoms with Crippen molar-refractivity contribution in [2.45, 2.75) is 13.3 Å². The zero-order chi connectivity index (χ0) is 9.68. The summed E-state index contributed by atoms with van der Waals surface area (Å²) < 4.78 is 0. The highest BCUT2D eigenvalue weighted by Crippen LogP contribution is 2.15. The van der Waals surface area contributed by atoms with Crippen LogP contribution in [0.5, 0.6) is 0 Å². The monoisotopic (exact) mass is 258 g/mol. The van der Waals surface area contributed by atoms with Gasteiger partial charge in [0.2, 0.25) is 0 Å². The molecule has 1 aromatic carbocycles. The highest BCUT2D eigenvalue weighted by molar-refractivity contribution is 9.09. The van der Waals surface area contributed by atoms with E-state index in [9.17, 15) is 0 Å². The Bertz CT molecular complexity index is 299. The Morgan fingerprint density at radius 2 is 2.31 bits per heavy atom. The number of benzene rings is 1. The smallest absolute Gasteiger partial charge is 0.0411 e. The van der Waals surface area contributed by atoms with E-state index in [1.807, 2.05) is 18.2 Å². The molecule has 0 aliphatic carbocycles. The maximum Gasteiger partial charge on any atom is 0.0411 e. The van der Waals surface area contributed by atoms with Gasteiger partial charge in [0, 0.05) is 10.4 Å². The standard InChI is InChI=1S/C11H12BrCl/c1-2-9(8-12)6-10-4-3-5-11(13)7-10/h3-7H,2,8H2,1H3. The summed E-state index contributed by atoms with van der Waals surface area (Å²) in [6, 6.07) is 7.89. The van der Waals surface area contributed by atoms with Crippen molar-refractivity contribution in [3.05, 3.63) is 40.4 Å². The molecule has 0 bridgehead atoms. The fraction of sp³-hybridized carbons (Fsp3) is 0.273. The molecule has 0 saturated carbocycles. The van der Waals surface area contributed by atoms with Crippen molar-refractivity contribution in [2.24, 2.45) is 0 Å². The highest BCUT2D eigenvalue weighted by Gasteiger charge is 1.93. The average Bonchev–Trinajstić information content (AvgIpc) is 2.14. The Morgan fingerprint density at radius 3 is 2.85 bits per heavy atom. The van der Waals surface area contributed by atoms with Crippen molar-refractivity contribution in [3.63, 3.8) is 0 Å². The van der Waals surface area contributed by atoms with E-state index in [1.54, 1.807) is 0 Å². The second-order valence-corrected chi connectivity index (χ2v) is 3.84. The Hall–Kier alpha value is -0.270. The normalized spacial score (nSPS) is 11.8. The van der Waals surface area contributed by atoms with Crippen LogP contribution in [0.25, 0.3) is 6.08 Å². The fourth-order valence-corrected chi connectivity index (χ4v) is 1.82. The third-order valence-electron chi connectivity index (χ3n) is 1.85. The minimum absolute atomic E-state index is 0.791. The first-order chi connectivity index (χ1) is 6.26. The number of allylic oxidation sites excluding steroid dienone is 1. The van der Waals surface area contributed by atoms with Gasteiger partial charge in [-0.3, -0.25) is 0 Å². The van der Waals surface area contributed by atoms with Crippen LogP contribution in [0, 0.1) is 0 Å². The molecule has 0 radical (unpaired) electrons. The lowest BCUT2D eigenvalue weighted by atomic mass is 10.1. The van der Waals surface area contributed by atoms with E-state index in [0.717, 1.165) is 16.8 Å². The predicted octanol–water partition coefficient (Wildman–Crippen LogP) is 4.53. The molecule has 0 saturated heterocycles. The van der Waals surface area contributed by atoms with Gasteiger partial charge in [0.05, 0.1) is 0 Å². The molecule has 1 aromatic rings. The Balaban J connectivity index is 2.89. The van der Waals surface area contributed by atoms with Crippen LogP contribution in [-0.4, -0.2) is 5.33 Å². The third kappa shape index (κ3) is 3.53.